The van der Waals surface area contributed by atoms with Crippen molar-refractivity contribution < 1.29 is 5.11 Å². The number of rotatable bonds is 2. The standard InChI is InChI=1S/C10H14ClN3O/c1-10(2)6(3-7(10)15)13-9-5-12-4-8(11)14-9/h4-7,15H,3H2,1-2H3,(H,13,14). The van der Waals surface area contributed by atoms with Gasteiger partial charge in [-0.15, -0.1) is 0 Å². The van der Waals surface area contributed by atoms with E-state index in [1.54, 1.807) is 6.20 Å². The second-order valence-corrected chi connectivity index (χ2v) is 4.88. The summed E-state index contributed by atoms with van der Waals surface area (Å²) in [6.45, 7) is 4.05. The first kappa shape index (κ1) is 10.6. The van der Waals surface area contributed by atoms with Crippen molar-refractivity contribution in [3.8, 4) is 0 Å². The van der Waals surface area contributed by atoms with Crippen LogP contribution in [-0.2, 0) is 0 Å². The molecule has 2 N–H and O–H groups in total. The lowest BCUT2D eigenvalue weighted by molar-refractivity contribution is -0.0511. The monoisotopic (exact) mass is 227 g/mol. The Bertz CT molecular complexity index is 369. The van der Waals surface area contributed by atoms with Gasteiger partial charge in [-0.2, -0.15) is 0 Å². The fourth-order valence-electron chi connectivity index (χ4n) is 1.74. The van der Waals surface area contributed by atoms with Gasteiger partial charge in [-0.05, 0) is 6.42 Å². The first-order valence-electron chi connectivity index (χ1n) is 4.92. The lowest BCUT2D eigenvalue weighted by atomic mass is 9.64. The lowest BCUT2D eigenvalue weighted by Gasteiger charge is -2.49. The molecule has 2 unspecified atom stereocenters. The van der Waals surface area contributed by atoms with E-state index in [0.29, 0.717) is 11.0 Å². The molecule has 1 fully saturated rings. The predicted octanol–water partition coefficient (Wildman–Crippen LogP) is 1.70. The molecular weight excluding hydrogens is 214 g/mol. The van der Waals surface area contributed by atoms with Crippen LogP contribution in [-0.4, -0.2) is 27.2 Å². The average Bonchev–Trinajstić information content (AvgIpc) is 2.17. The average molecular weight is 228 g/mol. The van der Waals surface area contributed by atoms with Crippen LogP contribution < -0.4 is 5.32 Å². The molecule has 0 aromatic carbocycles. The summed E-state index contributed by atoms with van der Waals surface area (Å²) in [6, 6.07) is 0.222. The Balaban J connectivity index is 2.05. The molecule has 2 atom stereocenters. The molecular formula is C10H14ClN3O. The second kappa shape index (κ2) is 3.61. The van der Waals surface area contributed by atoms with E-state index in [1.165, 1.54) is 6.20 Å². The van der Waals surface area contributed by atoms with Gasteiger partial charge in [-0.3, -0.25) is 4.98 Å². The topological polar surface area (TPSA) is 58.0 Å². The molecule has 1 heterocycles. The first-order chi connectivity index (χ1) is 7.00. The minimum atomic E-state index is -0.248. The molecule has 1 aliphatic rings. The van der Waals surface area contributed by atoms with E-state index in [0.717, 1.165) is 6.42 Å². The highest BCUT2D eigenvalue weighted by atomic mass is 35.5. The summed E-state index contributed by atoms with van der Waals surface area (Å²) in [7, 11) is 0. The first-order valence-corrected chi connectivity index (χ1v) is 5.30. The minimum Gasteiger partial charge on any atom is -0.392 e. The number of aromatic nitrogens is 2. The number of halogens is 1. The highest BCUT2D eigenvalue weighted by molar-refractivity contribution is 6.29. The summed E-state index contributed by atoms with van der Waals surface area (Å²) in [5, 5.41) is 13.2. The largest absolute Gasteiger partial charge is 0.392 e. The predicted molar refractivity (Wildman–Crippen MR) is 58.9 cm³/mol. The Morgan fingerprint density at radius 2 is 2.27 bits per heavy atom. The summed E-state index contributed by atoms with van der Waals surface area (Å²) in [5.41, 5.74) is -0.121. The van der Waals surface area contributed by atoms with Crippen LogP contribution >= 0.6 is 11.6 Å². The van der Waals surface area contributed by atoms with Crippen molar-refractivity contribution in [3.63, 3.8) is 0 Å². The Kier molecular flexibility index (Phi) is 2.56. The molecule has 82 valence electrons. The number of aliphatic hydroxyl groups excluding tert-OH is 1. The molecule has 4 nitrogen and oxygen atoms in total. The van der Waals surface area contributed by atoms with Crippen molar-refractivity contribution in [2.75, 3.05) is 5.32 Å². The number of nitrogens with zero attached hydrogens (tertiary/aromatic N) is 2. The smallest absolute Gasteiger partial charge is 0.149 e. The summed E-state index contributed by atoms with van der Waals surface area (Å²) >= 11 is 5.73. The third-order valence-corrected chi connectivity index (χ3v) is 3.33. The zero-order valence-electron chi connectivity index (χ0n) is 8.74. The van der Waals surface area contributed by atoms with Crippen molar-refractivity contribution >= 4 is 17.4 Å². The van der Waals surface area contributed by atoms with Crippen LogP contribution in [0.15, 0.2) is 12.4 Å². The van der Waals surface area contributed by atoms with Crippen LogP contribution in [0.5, 0.6) is 0 Å². The molecule has 0 saturated heterocycles. The van der Waals surface area contributed by atoms with Gasteiger partial charge in [-0.25, -0.2) is 4.98 Å². The minimum absolute atomic E-state index is 0.121. The number of nitrogens with one attached hydrogen (secondary N) is 1. The fraction of sp³-hybridized carbons (Fsp3) is 0.600. The van der Waals surface area contributed by atoms with E-state index in [9.17, 15) is 5.11 Å². The van der Waals surface area contributed by atoms with Gasteiger partial charge in [0.05, 0.1) is 18.5 Å². The number of hydrogen-bond acceptors (Lipinski definition) is 4. The quantitative estimate of drug-likeness (QED) is 0.808. The molecule has 1 aromatic rings. The molecule has 0 radical (unpaired) electrons. The van der Waals surface area contributed by atoms with Crippen molar-refractivity contribution in [3.05, 3.63) is 17.5 Å². The molecule has 2 rings (SSSR count). The van der Waals surface area contributed by atoms with Gasteiger partial charge >= 0.3 is 0 Å². The lowest BCUT2D eigenvalue weighted by Crippen LogP contribution is -2.57. The number of aliphatic hydroxyl groups is 1. The van der Waals surface area contributed by atoms with Crippen LogP contribution in [0.1, 0.15) is 20.3 Å². The zero-order valence-corrected chi connectivity index (χ0v) is 9.49. The number of hydrogen-bond donors (Lipinski definition) is 2. The van der Waals surface area contributed by atoms with E-state index >= 15 is 0 Å². The SMILES string of the molecule is CC1(C)C(O)CC1Nc1cncc(Cl)n1. The van der Waals surface area contributed by atoms with Gasteiger partial charge in [0, 0.05) is 11.5 Å². The van der Waals surface area contributed by atoms with Crippen molar-refractivity contribution in [2.24, 2.45) is 5.41 Å². The summed E-state index contributed by atoms with van der Waals surface area (Å²) in [4.78, 5) is 8.04. The van der Waals surface area contributed by atoms with Crippen molar-refractivity contribution in [1.29, 1.82) is 0 Å². The Morgan fingerprint density at radius 3 is 2.80 bits per heavy atom. The third kappa shape index (κ3) is 1.92. The molecule has 1 saturated carbocycles. The van der Waals surface area contributed by atoms with Crippen LogP contribution in [0.3, 0.4) is 0 Å². The molecule has 0 aliphatic heterocycles. The second-order valence-electron chi connectivity index (χ2n) is 4.50. The third-order valence-electron chi connectivity index (χ3n) is 3.14. The molecule has 0 spiro atoms. The van der Waals surface area contributed by atoms with E-state index in [4.69, 9.17) is 11.6 Å². The highest BCUT2D eigenvalue weighted by Gasteiger charge is 2.47. The van der Waals surface area contributed by atoms with Gasteiger partial charge in [-0.1, -0.05) is 25.4 Å². The van der Waals surface area contributed by atoms with E-state index < -0.39 is 0 Å². The van der Waals surface area contributed by atoms with Gasteiger partial charge in [0.15, 0.2) is 0 Å². The van der Waals surface area contributed by atoms with E-state index in [1.807, 2.05) is 13.8 Å². The maximum Gasteiger partial charge on any atom is 0.149 e. The summed E-state index contributed by atoms with van der Waals surface area (Å²) in [6.07, 6.45) is 3.61. The summed E-state index contributed by atoms with van der Waals surface area (Å²) in [5.74, 6) is 0.660. The van der Waals surface area contributed by atoms with Crippen molar-refractivity contribution in [1.82, 2.24) is 9.97 Å². The Hall–Kier alpha value is -0.870. The number of anilines is 1. The van der Waals surface area contributed by atoms with Crippen molar-refractivity contribution in [2.45, 2.75) is 32.4 Å². The van der Waals surface area contributed by atoms with E-state index in [-0.39, 0.29) is 17.6 Å². The van der Waals surface area contributed by atoms with Crippen LogP contribution in [0, 0.1) is 5.41 Å². The fourth-order valence-corrected chi connectivity index (χ4v) is 1.89. The van der Waals surface area contributed by atoms with Gasteiger partial charge in [0.25, 0.3) is 0 Å². The maximum atomic E-state index is 9.58. The van der Waals surface area contributed by atoms with Gasteiger partial charge < -0.3 is 10.4 Å². The summed E-state index contributed by atoms with van der Waals surface area (Å²) < 4.78 is 0. The Morgan fingerprint density at radius 1 is 1.53 bits per heavy atom. The molecule has 5 heteroatoms. The van der Waals surface area contributed by atoms with Crippen LogP contribution in [0.25, 0.3) is 0 Å². The van der Waals surface area contributed by atoms with Gasteiger partial charge in [0.1, 0.15) is 11.0 Å². The Labute approximate surface area is 93.7 Å². The van der Waals surface area contributed by atoms with Crippen LogP contribution in [0.4, 0.5) is 5.82 Å². The molecule has 1 aliphatic carbocycles. The van der Waals surface area contributed by atoms with Gasteiger partial charge in [0.2, 0.25) is 0 Å². The highest BCUT2D eigenvalue weighted by Crippen LogP contribution is 2.41. The molecule has 15 heavy (non-hydrogen) atoms. The molecule has 0 bridgehead atoms. The zero-order chi connectivity index (χ0) is 11.1. The normalized spacial score (nSPS) is 28.3. The molecule has 0 amide bonds. The molecule has 1 aromatic heterocycles. The van der Waals surface area contributed by atoms with Crippen LogP contribution in [0.2, 0.25) is 5.15 Å². The maximum absolute atomic E-state index is 9.58. The van der Waals surface area contributed by atoms with E-state index in [2.05, 4.69) is 15.3 Å².